The fraction of sp³-hybridized carbons (Fsp3) is 0.273. The molecule has 2 aliphatic rings. The minimum absolute atomic E-state index is 0.625. The summed E-state index contributed by atoms with van der Waals surface area (Å²) < 4.78 is 0. The number of rotatable bonds is 7. The lowest BCUT2D eigenvalue weighted by atomic mass is 9.86. The maximum absolute atomic E-state index is 2.48. The normalized spacial score (nSPS) is 14.4. The van der Waals surface area contributed by atoms with Crippen molar-refractivity contribution < 1.29 is 0 Å². The van der Waals surface area contributed by atoms with Gasteiger partial charge in [0.15, 0.2) is 0 Å². The van der Waals surface area contributed by atoms with Crippen molar-refractivity contribution in [3.05, 3.63) is 107 Å². The molecule has 1 atom stereocenters. The molecule has 0 fully saturated rings. The second kappa shape index (κ2) is 8.80. The first kappa shape index (κ1) is 21.2. The molecule has 0 saturated heterocycles. The summed E-state index contributed by atoms with van der Waals surface area (Å²) in [6.07, 6.45) is 6.11. The largest absolute Gasteiger partial charge is 0.341 e. The monoisotopic (exact) mass is 443 g/mol. The molecule has 1 unspecified atom stereocenters. The van der Waals surface area contributed by atoms with Crippen molar-refractivity contribution in [3.8, 4) is 22.3 Å². The molecule has 0 saturated carbocycles. The SMILES string of the molecule is CCC(C)CN(c1ccc(-c2ccc3c(c2)CC3)cc1)c1ccc(-c2ccc3c(c2)CC3)cc1. The standard InChI is InChI=1S/C33H33N/c1-3-23(2)22-34(32-16-12-26(13-17-32)30-10-6-24-4-8-28(24)20-30)33-18-14-27(15-19-33)31-11-7-25-5-9-29(25)21-31/h6-7,10-21,23H,3-5,8-9,22H2,1-2H3. The number of fused-ring (bicyclic) bond motifs is 2. The van der Waals surface area contributed by atoms with E-state index in [4.69, 9.17) is 0 Å². The van der Waals surface area contributed by atoms with E-state index in [1.165, 1.54) is 88.0 Å². The van der Waals surface area contributed by atoms with E-state index in [0.717, 1.165) is 6.54 Å². The molecular formula is C33H33N. The Kier molecular flexibility index (Phi) is 5.49. The van der Waals surface area contributed by atoms with Crippen LogP contribution in [0.2, 0.25) is 0 Å². The van der Waals surface area contributed by atoms with Crippen molar-refractivity contribution in [3.63, 3.8) is 0 Å². The summed E-state index contributed by atoms with van der Waals surface area (Å²) >= 11 is 0. The Morgan fingerprint density at radius 2 is 0.971 bits per heavy atom. The van der Waals surface area contributed by atoms with Crippen LogP contribution in [0.15, 0.2) is 84.9 Å². The zero-order valence-electron chi connectivity index (χ0n) is 20.4. The molecule has 1 heteroatoms. The van der Waals surface area contributed by atoms with Gasteiger partial charge in [-0.05, 0) is 100 Å². The van der Waals surface area contributed by atoms with Crippen LogP contribution in [0.4, 0.5) is 11.4 Å². The van der Waals surface area contributed by atoms with E-state index in [1.54, 1.807) is 0 Å². The fourth-order valence-electron chi connectivity index (χ4n) is 5.22. The first-order valence-electron chi connectivity index (χ1n) is 12.9. The van der Waals surface area contributed by atoms with Gasteiger partial charge in [-0.3, -0.25) is 0 Å². The minimum Gasteiger partial charge on any atom is -0.341 e. The molecule has 0 heterocycles. The predicted octanol–water partition coefficient (Wildman–Crippen LogP) is 8.40. The number of hydrogen-bond acceptors (Lipinski definition) is 1. The first-order chi connectivity index (χ1) is 16.7. The molecule has 2 aliphatic carbocycles. The van der Waals surface area contributed by atoms with Crippen LogP contribution in [-0.4, -0.2) is 6.54 Å². The summed E-state index contributed by atoms with van der Waals surface area (Å²) in [5, 5.41) is 0. The summed E-state index contributed by atoms with van der Waals surface area (Å²) in [6, 6.07) is 32.2. The Labute approximate surface area is 204 Å². The Balaban J connectivity index is 1.28. The summed E-state index contributed by atoms with van der Waals surface area (Å²) in [4.78, 5) is 2.48. The smallest absolute Gasteiger partial charge is 0.0411 e. The topological polar surface area (TPSA) is 3.24 Å². The Morgan fingerprint density at radius 3 is 1.32 bits per heavy atom. The average Bonchev–Trinajstić information content (AvgIpc) is 2.84. The summed E-state index contributed by atoms with van der Waals surface area (Å²) in [5.74, 6) is 0.625. The van der Waals surface area contributed by atoms with Crippen LogP contribution in [0.3, 0.4) is 0 Å². The predicted molar refractivity (Wildman–Crippen MR) is 145 cm³/mol. The van der Waals surface area contributed by atoms with Gasteiger partial charge >= 0.3 is 0 Å². The molecule has 0 aliphatic heterocycles. The molecule has 4 aromatic rings. The van der Waals surface area contributed by atoms with Crippen LogP contribution < -0.4 is 4.90 Å². The van der Waals surface area contributed by atoms with Crippen LogP contribution >= 0.6 is 0 Å². The molecule has 0 bridgehead atoms. The quantitative estimate of drug-likeness (QED) is 0.277. The first-order valence-corrected chi connectivity index (χ1v) is 12.9. The van der Waals surface area contributed by atoms with Gasteiger partial charge in [-0.1, -0.05) is 80.9 Å². The molecule has 1 nitrogen and oxygen atoms in total. The van der Waals surface area contributed by atoms with Crippen molar-refractivity contribution in [1.82, 2.24) is 0 Å². The number of nitrogens with zero attached hydrogens (tertiary/aromatic N) is 1. The highest BCUT2D eigenvalue weighted by Crippen LogP contribution is 2.34. The summed E-state index contributed by atoms with van der Waals surface area (Å²) in [7, 11) is 0. The zero-order chi connectivity index (χ0) is 23.1. The van der Waals surface area contributed by atoms with Crippen LogP contribution in [0.25, 0.3) is 22.3 Å². The van der Waals surface area contributed by atoms with Gasteiger partial charge in [0.25, 0.3) is 0 Å². The number of aryl methyl sites for hydroxylation is 4. The molecule has 4 aromatic carbocycles. The van der Waals surface area contributed by atoms with E-state index >= 15 is 0 Å². The highest BCUT2D eigenvalue weighted by atomic mass is 15.1. The molecule has 0 amide bonds. The lowest BCUT2D eigenvalue weighted by Crippen LogP contribution is -2.23. The molecule has 34 heavy (non-hydrogen) atoms. The lowest BCUT2D eigenvalue weighted by molar-refractivity contribution is 0.568. The highest BCUT2D eigenvalue weighted by Gasteiger charge is 2.16. The maximum atomic E-state index is 2.48. The van der Waals surface area contributed by atoms with Gasteiger partial charge in [0.05, 0.1) is 0 Å². The van der Waals surface area contributed by atoms with E-state index in [9.17, 15) is 0 Å². The summed E-state index contributed by atoms with van der Waals surface area (Å²) in [6.45, 7) is 5.65. The van der Waals surface area contributed by atoms with Gasteiger partial charge in [-0.2, -0.15) is 0 Å². The Morgan fingerprint density at radius 1 is 0.559 bits per heavy atom. The molecule has 6 rings (SSSR count). The molecule has 0 spiro atoms. The average molecular weight is 444 g/mol. The van der Waals surface area contributed by atoms with Crippen LogP contribution in [0.1, 0.15) is 42.5 Å². The third-order valence-electron chi connectivity index (χ3n) is 7.96. The number of hydrogen-bond donors (Lipinski definition) is 0. The van der Waals surface area contributed by atoms with Gasteiger partial charge < -0.3 is 4.90 Å². The second-order valence-corrected chi connectivity index (χ2v) is 10.2. The molecule has 0 N–H and O–H groups in total. The summed E-state index contributed by atoms with van der Waals surface area (Å²) in [5.41, 5.74) is 13.9. The molecule has 170 valence electrons. The van der Waals surface area contributed by atoms with Crippen molar-refractivity contribution in [2.75, 3.05) is 11.4 Å². The Bertz CT molecular complexity index is 1220. The number of anilines is 2. The van der Waals surface area contributed by atoms with Gasteiger partial charge in [0, 0.05) is 17.9 Å². The molecule has 0 aromatic heterocycles. The van der Waals surface area contributed by atoms with Gasteiger partial charge in [0.1, 0.15) is 0 Å². The Hall–Kier alpha value is -3.32. The van der Waals surface area contributed by atoms with Crippen LogP contribution in [0.5, 0.6) is 0 Å². The molecule has 0 radical (unpaired) electrons. The van der Waals surface area contributed by atoms with E-state index in [2.05, 4.69) is 104 Å². The second-order valence-electron chi connectivity index (χ2n) is 10.2. The third-order valence-corrected chi connectivity index (χ3v) is 7.96. The third kappa shape index (κ3) is 3.94. The zero-order valence-corrected chi connectivity index (χ0v) is 20.4. The fourth-order valence-corrected chi connectivity index (χ4v) is 5.22. The van der Waals surface area contributed by atoms with Crippen molar-refractivity contribution >= 4 is 11.4 Å². The highest BCUT2D eigenvalue weighted by molar-refractivity contribution is 5.73. The maximum Gasteiger partial charge on any atom is 0.0411 e. The van der Waals surface area contributed by atoms with Crippen molar-refractivity contribution in [2.45, 2.75) is 46.0 Å². The number of benzene rings is 4. The molecular weight excluding hydrogens is 410 g/mol. The van der Waals surface area contributed by atoms with Gasteiger partial charge in [-0.15, -0.1) is 0 Å². The van der Waals surface area contributed by atoms with Crippen LogP contribution in [0, 0.1) is 5.92 Å². The van der Waals surface area contributed by atoms with E-state index in [1.807, 2.05) is 0 Å². The van der Waals surface area contributed by atoms with Gasteiger partial charge in [-0.25, -0.2) is 0 Å². The van der Waals surface area contributed by atoms with Crippen molar-refractivity contribution in [2.24, 2.45) is 5.92 Å². The van der Waals surface area contributed by atoms with Crippen molar-refractivity contribution in [1.29, 1.82) is 0 Å². The lowest BCUT2D eigenvalue weighted by Gasteiger charge is -2.28. The minimum atomic E-state index is 0.625. The van der Waals surface area contributed by atoms with E-state index in [-0.39, 0.29) is 0 Å². The van der Waals surface area contributed by atoms with E-state index < -0.39 is 0 Å². The van der Waals surface area contributed by atoms with E-state index in [0.29, 0.717) is 5.92 Å². The van der Waals surface area contributed by atoms with Crippen LogP contribution in [-0.2, 0) is 25.7 Å². The van der Waals surface area contributed by atoms with Gasteiger partial charge in [0.2, 0.25) is 0 Å².